The van der Waals surface area contributed by atoms with E-state index in [2.05, 4.69) is 44.1 Å². The first kappa shape index (κ1) is 16.6. The van der Waals surface area contributed by atoms with Crippen molar-refractivity contribution in [2.75, 3.05) is 20.1 Å². The Hall–Kier alpha value is -1.90. The van der Waals surface area contributed by atoms with Gasteiger partial charge in [0.15, 0.2) is 11.6 Å². The van der Waals surface area contributed by atoms with Crippen molar-refractivity contribution < 1.29 is 9.25 Å². The molecule has 0 amide bonds. The third-order valence-electron chi connectivity index (χ3n) is 4.68. The maximum Gasteiger partial charge on any atom is 0.222 e. The zero-order valence-electron chi connectivity index (χ0n) is 14.6. The first-order chi connectivity index (χ1) is 12.1. The number of hydrogen-bond donors (Lipinski definition) is 1. The Morgan fingerprint density at radius 2 is 2.20 bits per heavy atom. The molecule has 134 valence electrons. The molecule has 2 aromatic heterocycles. The van der Waals surface area contributed by atoms with E-state index in [1.165, 1.54) is 5.56 Å². The summed E-state index contributed by atoms with van der Waals surface area (Å²) >= 11 is 1.70. The molecule has 0 radical (unpaired) electrons. The second-order valence-electron chi connectivity index (χ2n) is 6.73. The standard InChI is InChI=1S/C17H23N5O2S/c1-13-18-15(11-23-13)10-22(9-14-3-8-25-12-14)16-19-17(24-20-16)4-6-21(2)7-5-17/h3,8,11-12H,4-7,9-10H2,1-2H3,(H,19,20). The molecule has 4 heterocycles. The third-order valence-corrected chi connectivity index (χ3v) is 5.41. The molecular weight excluding hydrogens is 338 g/mol. The van der Waals surface area contributed by atoms with Gasteiger partial charge in [0, 0.05) is 39.4 Å². The second-order valence-corrected chi connectivity index (χ2v) is 7.51. The number of guanidine groups is 1. The third kappa shape index (κ3) is 3.70. The zero-order chi connectivity index (χ0) is 17.3. The van der Waals surface area contributed by atoms with Crippen LogP contribution in [-0.2, 0) is 17.9 Å². The van der Waals surface area contributed by atoms with Gasteiger partial charge in [0.2, 0.25) is 5.96 Å². The number of rotatable bonds is 4. The van der Waals surface area contributed by atoms with Crippen LogP contribution in [0.25, 0.3) is 0 Å². The number of aliphatic imine (C=N–C) groups is 1. The number of piperidine rings is 1. The predicted octanol–water partition coefficient (Wildman–Crippen LogP) is 2.36. The summed E-state index contributed by atoms with van der Waals surface area (Å²) in [6, 6.07) is 2.13. The van der Waals surface area contributed by atoms with E-state index in [0.29, 0.717) is 12.4 Å². The maximum absolute atomic E-state index is 5.92. The molecule has 0 atom stereocenters. The fourth-order valence-corrected chi connectivity index (χ4v) is 3.84. The van der Waals surface area contributed by atoms with Crippen LogP contribution in [0.5, 0.6) is 0 Å². The van der Waals surface area contributed by atoms with Crippen molar-refractivity contribution >= 4 is 17.3 Å². The summed E-state index contributed by atoms with van der Waals surface area (Å²) in [6.45, 7) is 5.21. The minimum absolute atomic E-state index is 0.436. The molecule has 8 heteroatoms. The lowest BCUT2D eigenvalue weighted by atomic mass is 10.0. The molecule has 1 N–H and O–H groups in total. The first-order valence-corrected chi connectivity index (χ1v) is 9.46. The van der Waals surface area contributed by atoms with Gasteiger partial charge < -0.3 is 14.2 Å². The lowest BCUT2D eigenvalue weighted by Gasteiger charge is -2.33. The van der Waals surface area contributed by atoms with Crippen molar-refractivity contribution in [1.29, 1.82) is 0 Å². The van der Waals surface area contributed by atoms with Crippen LogP contribution in [0, 0.1) is 6.92 Å². The summed E-state index contributed by atoms with van der Waals surface area (Å²) in [7, 11) is 2.13. The van der Waals surface area contributed by atoms with E-state index in [9.17, 15) is 0 Å². The number of thiophene rings is 1. The molecule has 2 aromatic rings. The second kappa shape index (κ2) is 6.78. The van der Waals surface area contributed by atoms with Crippen molar-refractivity contribution in [1.82, 2.24) is 20.3 Å². The van der Waals surface area contributed by atoms with Crippen molar-refractivity contribution in [3.63, 3.8) is 0 Å². The molecule has 25 heavy (non-hydrogen) atoms. The summed E-state index contributed by atoms with van der Waals surface area (Å²) in [6.07, 6.45) is 3.50. The normalized spacial score (nSPS) is 19.8. The van der Waals surface area contributed by atoms with Gasteiger partial charge >= 0.3 is 0 Å². The summed E-state index contributed by atoms with van der Waals surface area (Å²) in [5.74, 6) is 1.45. The van der Waals surface area contributed by atoms with Crippen LogP contribution in [-0.4, -0.2) is 46.6 Å². The highest BCUT2D eigenvalue weighted by Gasteiger charge is 2.40. The number of hydrogen-bond acceptors (Lipinski definition) is 8. The monoisotopic (exact) mass is 361 g/mol. The summed E-state index contributed by atoms with van der Waals surface area (Å²) < 4.78 is 5.35. The molecule has 1 spiro atoms. The Morgan fingerprint density at radius 1 is 1.36 bits per heavy atom. The average molecular weight is 361 g/mol. The number of aromatic nitrogens is 1. The Labute approximate surface area is 151 Å². The minimum Gasteiger partial charge on any atom is -0.449 e. The zero-order valence-corrected chi connectivity index (χ0v) is 15.4. The average Bonchev–Trinajstić information content (AvgIpc) is 3.33. The van der Waals surface area contributed by atoms with Crippen molar-refractivity contribution in [3.8, 4) is 0 Å². The van der Waals surface area contributed by atoms with Gasteiger partial charge in [-0.25, -0.2) is 20.3 Å². The molecule has 0 aromatic carbocycles. The van der Waals surface area contributed by atoms with Crippen molar-refractivity contribution in [3.05, 3.63) is 40.2 Å². The lowest BCUT2D eigenvalue weighted by Crippen LogP contribution is -2.43. The number of aryl methyl sites for hydroxylation is 1. The van der Waals surface area contributed by atoms with Gasteiger partial charge in [-0.2, -0.15) is 11.3 Å². The molecule has 0 bridgehead atoms. The molecule has 1 fully saturated rings. The summed E-state index contributed by atoms with van der Waals surface area (Å²) in [4.78, 5) is 19.7. The predicted molar refractivity (Wildman–Crippen MR) is 95.9 cm³/mol. The van der Waals surface area contributed by atoms with Gasteiger partial charge in [-0.15, -0.1) is 0 Å². The summed E-state index contributed by atoms with van der Waals surface area (Å²) in [5.41, 5.74) is 4.78. The Kier molecular flexibility index (Phi) is 4.49. The van der Waals surface area contributed by atoms with Crippen molar-refractivity contribution in [2.45, 2.75) is 38.6 Å². The highest BCUT2D eigenvalue weighted by molar-refractivity contribution is 7.07. The first-order valence-electron chi connectivity index (χ1n) is 8.51. The fraction of sp³-hybridized carbons (Fsp3) is 0.529. The van der Waals surface area contributed by atoms with E-state index in [-0.39, 0.29) is 0 Å². The molecule has 1 saturated heterocycles. The molecule has 7 nitrogen and oxygen atoms in total. The van der Waals surface area contributed by atoms with Crippen LogP contribution in [0.4, 0.5) is 0 Å². The van der Waals surface area contributed by atoms with Gasteiger partial charge in [-0.3, -0.25) is 0 Å². The maximum atomic E-state index is 5.92. The van der Waals surface area contributed by atoms with E-state index in [0.717, 1.165) is 44.1 Å². The molecule has 2 aliphatic rings. The number of hydroxylamine groups is 1. The number of oxazole rings is 1. The van der Waals surface area contributed by atoms with Crippen LogP contribution in [0.2, 0.25) is 0 Å². The highest BCUT2D eigenvalue weighted by Crippen LogP contribution is 2.30. The minimum atomic E-state index is -0.436. The fourth-order valence-electron chi connectivity index (χ4n) is 3.18. The van der Waals surface area contributed by atoms with Crippen LogP contribution < -0.4 is 5.48 Å². The molecule has 0 unspecified atom stereocenters. The van der Waals surface area contributed by atoms with Crippen LogP contribution in [0.1, 0.15) is 30.0 Å². The van der Waals surface area contributed by atoms with Crippen molar-refractivity contribution in [2.24, 2.45) is 4.99 Å². The number of nitrogens with zero attached hydrogens (tertiary/aromatic N) is 4. The van der Waals surface area contributed by atoms with Crippen LogP contribution in [0.3, 0.4) is 0 Å². The SMILES string of the molecule is Cc1nc(CN(Cc2ccsc2)C2=NC3(CCN(C)CC3)ON2)co1. The number of likely N-dealkylation sites (tertiary alicyclic amines) is 1. The summed E-state index contributed by atoms with van der Waals surface area (Å²) in [5, 5.41) is 4.25. The Morgan fingerprint density at radius 3 is 2.88 bits per heavy atom. The molecule has 2 aliphatic heterocycles. The quantitative estimate of drug-likeness (QED) is 0.902. The van der Waals surface area contributed by atoms with E-state index in [1.54, 1.807) is 17.6 Å². The lowest BCUT2D eigenvalue weighted by molar-refractivity contribution is -0.0875. The largest absolute Gasteiger partial charge is 0.449 e. The van der Waals surface area contributed by atoms with E-state index in [4.69, 9.17) is 14.2 Å². The van der Waals surface area contributed by atoms with E-state index in [1.807, 2.05) is 6.92 Å². The van der Waals surface area contributed by atoms with E-state index >= 15 is 0 Å². The Balaban J connectivity index is 1.54. The smallest absolute Gasteiger partial charge is 0.222 e. The highest BCUT2D eigenvalue weighted by atomic mass is 32.1. The van der Waals surface area contributed by atoms with Gasteiger partial charge in [0.25, 0.3) is 0 Å². The molecule has 0 saturated carbocycles. The molecular formula is C17H23N5O2S. The van der Waals surface area contributed by atoms with Gasteiger partial charge in [-0.05, 0) is 29.4 Å². The Bertz CT molecular complexity index is 734. The van der Waals surface area contributed by atoms with E-state index < -0.39 is 5.72 Å². The molecule has 0 aliphatic carbocycles. The molecule has 4 rings (SSSR count). The topological polar surface area (TPSA) is 66.1 Å². The van der Waals surface area contributed by atoms with Gasteiger partial charge in [-0.1, -0.05) is 0 Å². The van der Waals surface area contributed by atoms with Crippen LogP contribution >= 0.6 is 11.3 Å². The van der Waals surface area contributed by atoms with Crippen LogP contribution in [0.15, 0.2) is 32.5 Å². The van der Waals surface area contributed by atoms with Gasteiger partial charge in [0.05, 0.1) is 12.2 Å². The number of nitrogens with one attached hydrogen (secondary N) is 1. The van der Waals surface area contributed by atoms with Gasteiger partial charge in [0.1, 0.15) is 6.26 Å².